The number of amides is 1. The molecule has 7 heteroatoms. The molecule has 2 fully saturated rings. The topological polar surface area (TPSA) is 58.9 Å². The van der Waals surface area contributed by atoms with Crippen molar-refractivity contribution in [3.05, 3.63) is 39.7 Å². The van der Waals surface area contributed by atoms with Crippen molar-refractivity contribution in [2.75, 3.05) is 13.1 Å². The van der Waals surface area contributed by atoms with Gasteiger partial charge in [-0.1, -0.05) is 19.3 Å². The lowest BCUT2D eigenvalue weighted by atomic mass is 9.95. The van der Waals surface area contributed by atoms with Crippen molar-refractivity contribution in [3.8, 4) is 0 Å². The van der Waals surface area contributed by atoms with Gasteiger partial charge in [-0.05, 0) is 76.4 Å². The minimum atomic E-state index is 0.107. The summed E-state index contributed by atoms with van der Waals surface area (Å²) >= 11 is 5.32. The van der Waals surface area contributed by atoms with Crippen molar-refractivity contribution in [1.82, 2.24) is 24.2 Å². The van der Waals surface area contributed by atoms with Crippen molar-refractivity contribution < 1.29 is 4.79 Å². The number of piperidine rings is 1. The molecule has 168 valence electrons. The molecule has 1 aliphatic heterocycles. The first-order valence-corrected chi connectivity index (χ1v) is 12.2. The summed E-state index contributed by atoms with van der Waals surface area (Å²) in [6.07, 6.45) is 12.2. The third-order valence-corrected chi connectivity index (χ3v) is 7.46. The number of carbonyl (C=O) groups excluding carboxylic acids is 1. The Bertz CT molecular complexity index is 1000. The lowest BCUT2D eigenvalue weighted by Gasteiger charge is -2.31. The third kappa shape index (κ3) is 4.56. The van der Waals surface area contributed by atoms with E-state index in [9.17, 15) is 4.79 Å². The third-order valence-electron chi connectivity index (χ3n) is 7.14. The Labute approximate surface area is 190 Å². The van der Waals surface area contributed by atoms with Gasteiger partial charge in [0.2, 0.25) is 5.91 Å². The summed E-state index contributed by atoms with van der Waals surface area (Å²) in [5, 5.41) is 7.36. The Hall–Kier alpha value is -2.15. The fourth-order valence-corrected chi connectivity index (χ4v) is 5.71. The van der Waals surface area contributed by atoms with Crippen LogP contribution in [0, 0.1) is 18.6 Å². The molecular weight excluding hydrogens is 406 g/mol. The van der Waals surface area contributed by atoms with Crippen molar-refractivity contribution >= 4 is 24.2 Å². The lowest BCUT2D eigenvalue weighted by Crippen LogP contribution is -2.37. The van der Waals surface area contributed by atoms with Gasteiger partial charge in [0, 0.05) is 49.1 Å². The molecule has 2 aromatic rings. The average Bonchev–Trinajstić information content (AvgIpc) is 3.30. The van der Waals surface area contributed by atoms with Gasteiger partial charge in [0.05, 0.1) is 0 Å². The fourth-order valence-electron chi connectivity index (χ4n) is 5.44. The number of aromatic amines is 1. The first-order chi connectivity index (χ1) is 15.0. The zero-order valence-corrected chi connectivity index (χ0v) is 19.9. The molecule has 0 unspecified atom stereocenters. The number of nitrogens with one attached hydrogen (secondary N) is 1. The van der Waals surface area contributed by atoms with Gasteiger partial charge >= 0.3 is 0 Å². The Morgan fingerprint density at radius 1 is 1.19 bits per heavy atom. The predicted molar refractivity (Wildman–Crippen MR) is 127 cm³/mol. The maximum Gasteiger partial charge on any atom is 0.246 e. The molecule has 1 amide bonds. The Kier molecular flexibility index (Phi) is 6.80. The normalized spacial score (nSPS) is 18.9. The summed E-state index contributed by atoms with van der Waals surface area (Å²) in [4.78, 5) is 14.8. The van der Waals surface area contributed by atoms with E-state index in [1.165, 1.54) is 49.1 Å². The van der Waals surface area contributed by atoms with E-state index in [4.69, 9.17) is 12.2 Å². The van der Waals surface area contributed by atoms with Gasteiger partial charge < -0.3 is 14.0 Å². The summed E-state index contributed by atoms with van der Waals surface area (Å²) in [6, 6.07) is 2.85. The molecule has 3 heterocycles. The van der Waals surface area contributed by atoms with Gasteiger partial charge in [-0.2, -0.15) is 5.10 Å². The van der Waals surface area contributed by atoms with Gasteiger partial charge in [-0.25, -0.2) is 0 Å². The van der Waals surface area contributed by atoms with Crippen LogP contribution in [-0.4, -0.2) is 43.2 Å². The maximum absolute atomic E-state index is 12.8. The molecule has 1 N–H and O–H groups in total. The zero-order valence-electron chi connectivity index (χ0n) is 19.1. The van der Waals surface area contributed by atoms with E-state index in [-0.39, 0.29) is 5.91 Å². The summed E-state index contributed by atoms with van der Waals surface area (Å²) in [5.41, 5.74) is 3.76. The van der Waals surface area contributed by atoms with E-state index in [1.807, 2.05) is 11.0 Å². The largest absolute Gasteiger partial charge is 0.346 e. The monoisotopic (exact) mass is 441 g/mol. The van der Waals surface area contributed by atoms with Crippen LogP contribution < -0.4 is 0 Å². The fraction of sp³-hybridized carbons (Fsp3) is 0.625. The first kappa shape index (κ1) is 22.1. The molecular formula is C24H35N5OS. The molecule has 2 aliphatic rings. The second-order valence-corrected chi connectivity index (χ2v) is 9.44. The number of nitrogens with zero attached hydrogens (tertiary/aromatic N) is 4. The average molecular weight is 442 g/mol. The SMILES string of the molecule is CCn1c(C2CCN(C(=O)C=Cc3cc(C)n(C4CCCCC4)c3C)CC2)n[nH]c1=S. The van der Waals surface area contributed by atoms with E-state index in [1.54, 1.807) is 6.08 Å². The van der Waals surface area contributed by atoms with Crippen LogP contribution >= 0.6 is 12.2 Å². The Morgan fingerprint density at radius 3 is 2.58 bits per heavy atom. The van der Waals surface area contributed by atoms with Gasteiger partial charge in [0.15, 0.2) is 4.77 Å². The van der Waals surface area contributed by atoms with Crippen molar-refractivity contribution in [3.63, 3.8) is 0 Å². The maximum atomic E-state index is 12.8. The summed E-state index contributed by atoms with van der Waals surface area (Å²) in [6.45, 7) is 8.82. The first-order valence-electron chi connectivity index (χ1n) is 11.8. The molecule has 1 saturated heterocycles. The lowest BCUT2D eigenvalue weighted by molar-refractivity contribution is -0.127. The number of hydrogen-bond acceptors (Lipinski definition) is 3. The quantitative estimate of drug-likeness (QED) is 0.506. The molecule has 31 heavy (non-hydrogen) atoms. The minimum Gasteiger partial charge on any atom is -0.346 e. The minimum absolute atomic E-state index is 0.107. The molecule has 0 radical (unpaired) electrons. The smallest absolute Gasteiger partial charge is 0.246 e. The van der Waals surface area contributed by atoms with Crippen molar-refractivity contribution in [1.29, 1.82) is 0 Å². The molecule has 6 nitrogen and oxygen atoms in total. The summed E-state index contributed by atoms with van der Waals surface area (Å²) in [5.74, 6) is 1.50. The molecule has 0 spiro atoms. The molecule has 2 aromatic heterocycles. The number of carbonyl (C=O) groups is 1. The molecule has 1 aliphatic carbocycles. The van der Waals surface area contributed by atoms with Crippen molar-refractivity contribution in [2.45, 2.75) is 84.2 Å². The zero-order chi connectivity index (χ0) is 22.0. The molecule has 0 aromatic carbocycles. The van der Waals surface area contributed by atoms with Crippen LogP contribution in [0.2, 0.25) is 0 Å². The van der Waals surface area contributed by atoms with Crippen LogP contribution in [0.15, 0.2) is 12.1 Å². The van der Waals surface area contributed by atoms with E-state index in [0.717, 1.165) is 38.3 Å². The van der Waals surface area contributed by atoms with E-state index in [0.29, 0.717) is 16.7 Å². The second kappa shape index (κ2) is 9.55. The van der Waals surface area contributed by atoms with Crippen LogP contribution in [0.5, 0.6) is 0 Å². The molecule has 1 saturated carbocycles. The number of aryl methyl sites for hydroxylation is 1. The van der Waals surface area contributed by atoms with Crippen molar-refractivity contribution in [2.24, 2.45) is 0 Å². The highest BCUT2D eigenvalue weighted by molar-refractivity contribution is 7.71. The van der Waals surface area contributed by atoms with Gasteiger partial charge in [0.25, 0.3) is 0 Å². The predicted octanol–water partition coefficient (Wildman–Crippen LogP) is 5.30. The number of rotatable bonds is 5. The standard InChI is InChI=1S/C24H35N5OS/c1-4-28-23(25-26-24(28)31)19-12-14-27(15-13-19)22(30)11-10-20-16-17(2)29(18(20)3)21-8-6-5-7-9-21/h10-11,16,19,21H,4-9,12-15H2,1-3H3,(H,26,31). The molecule has 0 atom stereocenters. The molecule has 0 bridgehead atoms. The van der Waals surface area contributed by atoms with Crippen LogP contribution in [0.3, 0.4) is 0 Å². The number of aromatic nitrogens is 4. The van der Waals surface area contributed by atoms with E-state index < -0.39 is 0 Å². The molecule has 4 rings (SSSR count). The second-order valence-electron chi connectivity index (χ2n) is 9.05. The van der Waals surface area contributed by atoms with Crippen LogP contribution in [0.25, 0.3) is 6.08 Å². The highest BCUT2D eigenvalue weighted by atomic mass is 32.1. The summed E-state index contributed by atoms with van der Waals surface area (Å²) in [7, 11) is 0. The summed E-state index contributed by atoms with van der Waals surface area (Å²) < 4.78 is 5.25. The highest BCUT2D eigenvalue weighted by Gasteiger charge is 2.26. The Morgan fingerprint density at radius 2 is 1.90 bits per heavy atom. The number of likely N-dealkylation sites (tertiary alicyclic amines) is 1. The Balaban J connectivity index is 1.38. The van der Waals surface area contributed by atoms with E-state index in [2.05, 4.69) is 46.2 Å². The van der Waals surface area contributed by atoms with E-state index >= 15 is 0 Å². The van der Waals surface area contributed by atoms with Gasteiger partial charge in [0.1, 0.15) is 5.82 Å². The van der Waals surface area contributed by atoms with Crippen LogP contribution in [0.1, 0.15) is 86.6 Å². The van der Waals surface area contributed by atoms with Gasteiger partial charge in [-0.3, -0.25) is 9.89 Å². The highest BCUT2D eigenvalue weighted by Crippen LogP contribution is 2.32. The number of H-pyrrole nitrogens is 1. The van der Waals surface area contributed by atoms with Crippen LogP contribution in [-0.2, 0) is 11.3 Å². The number of hydrogen-bond donors (Lipinski definition) is 1. The van der Waals surface area contributed by atoms with Gasteiger partial charge in [-0.15, -0.1) is 0 Å². The van der Waals surface area contributed by atoms with Crippen LogP contribution in [0.4, 0.5) is 0 Å².